The second-order valence-corrected chi connectivity index (χ2v) is 11.5. The van der Waals surface area contributed by atoms with Gasteiger partial charge in [0.2, 0.25) is 0 Å². The van der Waals surface area contributed by atoms with Crippen molar-refractivity contribution >= 4 is 8.32 Å². The fraction of sp³-hybridized carbons (Fsp3) is 1.00. The highest BCUT2D eigenvalue weighted by atomic mass is 28.4. The van der Waals surface area contributed by atoms with E-state index < -0.39 is 39.1 Å². The summed E-state index contributed by atoms with van der Waals surface area (Å²) in [6, 6.07) is 0. The van der Waals surface area contributed by atoms with Crippen LogP contribution < -0.4 is 0 Å². The molecule has 0 saturated carbocycles. The van der Waals surface area contributed by atoms with E-state index in [4.69, 9.17) is 13.9 Å². The summed E-state index contributed by atoms with van der Waals surface area (Å²) in [7, 11) is -0.765. The molecule has 6 heteroatoms. The summed E-state index contributed by atoms with van der Waals surface area (Å²) in [6.07, 6.45) is -4.84. The van der Waals surface area contributed by atoms with Crippen LogP contribution in [0.4, 0.5) is 4.39 Å². The van der Waals surface area contributed by atoms with Gasteiger partial charge in [0.15, 0.2) is 20.8 Å². The third-order valence-electron chi connectivity index (χ3n) is 4.21. The molecule has 0 aromatic heterocycles. The van der Waals surface area contributed by atoms with Crippen LogP contribution in [0.5, 0.6) is 0 Å². The van der Waals surface area contributed by atoms with Crippen molar-refractivity contribution in [2.45, 2.75) is 76.6 Å². The van der Waals surface area contributed by atoms with Gasteiger partial charge in [-0.2, -0.15) is 0 Å². The fourth-order valence-electron chi connectivity index (χ4n) is 1.81. The molecule has 1 saturated heterocycles. The second-order valence-electron chi connectivity index (χ2n) is 6.72. The van der Waals surface area contributed by atoms with Crippen LogP contribution in [0.25, 0.3) is 0 Å². The zero-order chi connectivity index (χ0) is 15.0. The van der Waals surface area contributed by atoms with Crippen LogP contribution in [-0.4, -0.2) is 51.3 Å². The van der Waals surface area contributed by atoms with Crippen molar-refractivity contribution in [2.24, 2.45) is 0 Å². The van der Waals surface area contributed by atoms with E-state index >= 15 is 0 Å². The number of hydrogen-bond acceptors (Lipinski definition) is 4. The first kappa shape index (κ1) is 17.0. The summed E-state index contributed by atoms with van der Waals surface area (Å²) in [5.74, 6) is 0. The molecule has 1 fully saturated rings. The fourth-order valence-corrected chi connectivity index (χ4v) is 3.12. The number of ether oxygens (including phenoxy) is 2. The third-order valence-corrected chi connectivity index (χ3v) is 8.68. The standard InChI is InChI=1S/C13H27FO4Si/c1-8-10(15)11(9(14)12(16-5)17-8)18-19(6,7)13(2,3)4/h8-12,15H,1-7H3. The molecule has 1 aliphatic rings. The Balaban J connectivity index is 2.90. The molecule has 0 radical (unpaired) electrons. The maximum absolute atomic E-state index is 14.3. The molecule has 0 aliphatic carbocycles. The molecule has 5 atom stereocenters. The molecule has 0 bridgehead atoms. The van der Waals surface area contributed by atoms with E-state index in [-0.39, 0.29) is 5.04 Å². The van der Waals surface area contributed by atoms with Crippen LogP contribution in [0, 0.1) is 0 Å². The molecule has 1 N–H and O–H groups in total. The minimum absolute atomic E-state index is 0.0451. The Morgan fingerprint density at radius 3 is 2.21 bits per heavy atom. The first-order valence-corrected chi connectivity index (χ1v) is 9.60. The van der Waals surface area contributed by atoms with Crippen molar-refractivity contribution in [3.05, 3.63) is 0 Å². The number of alkyl halides is 1. The van der Waals surface area contributed by atoms with Gasteiger partial charge in [-0.3, -0.25) is 0 Å². The highest BCUT2D eigenvalue weighted by Crippen LogP contribution is 2.39. The number of hydrogen-bond donors (Lipinski definition) is 1. The lowest BCUT2D eigenvalue weighted by atomic mass is 10.0. The summed E-state index contributed by atoms with van der Waals surface area (Å²) < 4.78 is 30.6. The lowest BCUT2D eigenvalue weighted by Gasteiger charge is -2.45. The minimum atomic E-state index is -2.16. The van der Waals surface area contributed by atoms with Gasteiger partial charge in [-0.05, 0) is 25.1 Å². The van der Waals surface area contributed by atoms with Gasteiger partial charge >= 0.3 is 0 Å². The average Bonchev–Trinajstić information content (AvgIpc) is 2.27. The van der Waals surface area contributed by atoms with E-state index in [0.29, 0.717) is 0 Å². The molecule has 0 aromatic rings. The van der Waals surface area contributed by atoms with Crippen LogP contribution in [0.15, 0.2) is 0 Å². The van der Waals surface area contributed by atoms with Gasteiger partial charge in [0, 0.05) is 7.11 Å². The lowest BCUT2D eigenvalue weighted by molar-refractivity contribution is -0.267. The van der Waals surface area contributed by atoms with Gasteiger partial charge in [0.1, 0.15) is 12.2 Å². The summed E-state index contributed by atoms with van der Waals surface area (Å²) in [6.45, 7) is 12.0. The monoisotopic (exact) mass is 294 g/mol. The van der Waals surface area contributed by atoms with Gasteiger partial charge in [-0.15, -0.1) is 0 Å². The van der Waals surface area contributed by atoms with Gasteiger partial charge in [0.25, 0.3) is 0 Å². The molecule has 1 rings (SSSR count). The van der Waals surface area contributed by atoms with E-state index in [1.165, 1.54) is 7.11 Å². The molecule has 0 amide bonds. The highest BCUT2D eigenvalue weighted by Gasteiger charge is 2.49. The first-order valence-electron chi connectivity index (χ1n) is 6.69. The SMILES string of the molecule is COC1OC(C)C(O)C(O[Si](C)(C)C(C)(C)C)C1F. The summed E-state index contributed by atoms with van der Waals surface area (Å²) in [5.41, 5.74) is 0. The van der Waals surface area contributed by atoms with Crippen molar-refractivity contribution in [1.29, 1.82) is 0 Å². The van der Waals surface area contributed by atoms with Crippen LogP contribution >= 0.6 is 0 Å². The summed E-state index contributed by atoms with van der Waals surface area (Å²) >= 11 is 0. The number of aliphatic hydroxyl groups is 1. The smallest absolute Gasteiger partial charge is 0.192 e. The summed E-state index contributed by atoms with van der Waals surface area (Å²) in [4.78, 5) is 0. The zero-order valence-corrected chi connectivity index (χ0v) is 13.9. The quantitative estimate of drug-likeness (QED) is 0.812. The largest absolute Gasteiger partial charge is 0.408 e. The molecule has 0 aromatic carbocycles. The van der Waals surface area contributed by atoms with E-state index in [0.717, 1.165) is 0 Å². The zero-order valence-electron chi connectivity index (χ0n) is 12.9. The maximum atomic E-state index is 14.3. The molecule has 19 heavy (non-hydrogen) atoms. The van der Waals surface area contributed by atoms with Crippen LogP contribution in [0.1, 0.15) is 27.7 Å². The van der Waals surface area contributed by atoms with Gasteiger partial charge in [-0.25, -0.2) is 4.39 Å². The minimum Gasteiger partial charge on any atom is -0.408 e. The van der Waals surface area contributed by atoms with E-state index in [1.807, 2.05) is 13.1 Å². The Labute approximate surface area is 116 Å². The van der Waals surface area contributed by atoms with E-state index in [9.17, 15) is 9.50 Å². The van der Waals surface area contributed by atoms with Crippen molar-refractivity contribution in [3.63, 3.8) is 0 Å². The number of halogens is 1. The molecular formula is C13H27FO4Si. The number of rotatable bonds is 3. The van der Waals surface area contributed by atoms with Gasteiger partial charge in [-0.1, -0.05) is 20.8 Å². The highest BCUT2D eigenvalue weighted by molar-refractivity contribution is 6.74. The van der Waals surface area contributed by atoms with E-state index in [2.05, 4.69) is 20.8 Å². The molecule has 1 heterocycles. The Morgan fingerprint density at radius 2 is 1.79 bits per heavy atom. The Kier molecular flexibility index (Phi) is 5.18. The number of methoxy groups -OCH3 is 1. The topological polar surface area (TPSA) is 47.9 Å². The van der Waals surface area contributed by atoms with Crippen molar-refractivity contribution in [1.82, 2.24) is 0 Å². The van der Waals surface area contributed by atoms with Crippen molar-refractivity contribution < 1.29 is 23.4 Å². The molecule has 5 unspecified atom stereocenters. The van der Waals surface area contributed by atoms with Crippen LogP contribution in [-0.2, 0) is 13.9 Å². The Hall–Kier alpha value is -0.0131. The Morgan fingerprint density at radius 1 is 1.26 bits per heavy atom. The van der Waals surface area contributed by atoms with Crippen LogP contribution in [0.3, 0.4) is 0 Å². The normalized spacial score (nSPS) is 37.4. The molecule has 4 nitrogen and oxygen atoms in total. The third kappa shape index (κ3) is 3.55. The Bertz CT molecular complexity index is 306. The summed E-state index contributed by atoms with van der Waals surface area (Å²) in [5, 5.41) is 10.1. The van der Waals surface area contributed by atoms with E-state index in [1.54, 1.807) is 6.92 Å². The average molecular weight is 294 g/mol. The van der Waals surface area contributed by atoms with Crippen LogP contribution in [0.2, 0.25) is 18.1 Å². The lowest BCUT2D eigenvalue weighted by Crippen LogP contribution is -2.60. The second kappa shape index (κ2) is 5.77. The molecular weight excluding hydrogens is 267 g/mol. The first-order chi connectivity index (χ1) is 8.51. The number of aliphatic hydroxyl groups excluding tert-OH is 1. The van der Waals surface area contributed by atoms with Crippen molar-refractivity contribution in [3.8, 4) is 0 Å². The van der Waals surface area contributed by atoms with Gasteiger partial charge in [0.05, 0.1) is 6.10 Å². The predicted molar refractivity (Wildman–Crippen MR) is 74.3 cm³/mol. The maximum Gasteiger partial charge on any atom is 0.192 e. The van der Waals surface area contributed by atoms with Gasteiger partial charge < -0.3 is 19.0 Å². The predicted octanol–water partition coefficient (Wildman–Crippen LogP) is 2.47. The molecule has 114 valence electrons. The van der Waals surface area contributed by atoms with Crippen molar-refractivity contribution in [2.75, 3.05) is 7.11 Å². The molecule has 0 spiro atoms. The molecule has 1 aliphatic heterocycles.